The summed E-state index contributed by atoms with van der Waals surface area (Å²) in [6, 6.07) is 2.16. The van der Waals surface area contributed by atoms with Crippen LogP contribution in [0.25, 0.3) is 0 Å². The van der Waals surface area contributed by atoms with Crippen LogP contribution in [0.4, 0.5) is 0 Å². The van der Waals surface area contributed by atoms with Gasteiger partial charge in [0.25, 0.3) is 0 Å². The maximum absolute atomic E-state index is 5.91. The van der Waals surface area contributed by atoms with Crippen LogP contribution in [0.1, 0.15) is 32.3 Å². The van der Waals surface area contributed by atoms with Gasteiger partial charge in [-0.1, -0.05) is 0 Å². The first-order valence-corrected chi connectivity index (χ1v) is 6.50. The third kappa shape index (κ3) is 3.30. The minimum atomic E-state index is 0.0920. The lowest BCUT2D eigenvalue weighted by molar-refractivity contribution is -0.0142. The number of rotatable bonds is 4. The first-order chi connectivity index (χ1) is 7.16. The van der Waals surface area contributed by atoms with Crippen LogP contribution in [-0.2, 0) is 11.3 Å². The average molecular weight is 225 g/mol. The maximum atomic E-state index is 5.91. The summed E-state index contributed by atoms with van der Waals surface area (Å²) in [5, 5.41) is 7.75. The second-order valence-electron chi connectivity index (χ2n) is 4.80. The largest absolute Gasteiger partial charge is 0.371 e. The Labute approximate surface area is 95.6 Å². The SMILES string of the molecule is CC1(C)CCC(CNCc2ccsc2)O1. The highest BCUT2D eigenvalue weighted by Gasteiger charge is 2.30. The number of hydrogen-bond acceptors (Lipinski definition) is 3. The third-order valence-corrected chi connectivity index (χ3v) is 3.57. The summed E-state index contributed by atoms with van der Waals surface area (Å²) in [5.74, 6) is 0. The molecular weight excluding hydrogens is 206 g/mol. The van der Waals surface area contributed by atoms with Crippen molar-refractivity contribution in [3.63, 3.8) is 0 Å². The lowest BCUT2D eigenvalue weighted by atomic mass is 10.1. The normalized spacial score (nSPS) is 24.5. The van der Waals surface area contributed by atoms with E-state index in [0.29, 0.717) is 6.10 Å². The van der Waals surface area contributed by atoms with Gasteiger partial charge in [-0.2, -0.15) is 11.3 Å². The predicted molar refractivity (Wildman–Crippen MR) is 64.2 cm³/mol. The van der Waals surface area contributed by atoms with Crippen LogP contribution in [0.2, 0.25) is 0 Å². The van der Waals surface area contributed by atoms with Crippen molar-refractivity contribution < 1.29 is 4.74 Å². The van der Waals surface area contributed by atoms with Crippen LogP contribution < -0.4 is 5.32 Å². The molecule has 0 spiro atoms. The zero-order valence-corrected chi connectivity index (χ0v) is 10.3. The molecule has 2 heterocycles. The van der Waals surface area contributed by atoms with Gasteiger partial charge in [0.05, 0.1) is 11.7 Å². The van der Waals surface area contributed by atoms with E-state index in [2.05, 4.69) is 36.0 Å². The number of hydrogen-bond donors (Lipinski definition) is 1. The van der Waals surface area contributed by atoms with Crippen LogP contribution in [0, 0.1) is 0 Å². The van der Waals surface area contributed by atoms with Gasteiger partial charge in [-0.15, -0.1) is 0 Å². The Morgan fingerprint density at radius 3 is 3.07 bits per heavy atom. The lowest BCUT2D eigenvalue weighted by Gasteiger charge is -2.19. The molecule has 1 unspecified atom stereocenters. The molecule has 1 fully saturated rings. The van der Waals surface area contributed by atoms with Crippen molar-refractivity contribution >= 4 is 11.3 Å². The van der Waals surface area contributed by atoms with Gasteiger partial charge < -0.3 is 10.1 Å². The fourth-order valence-corrected chi connectivity index (χ4v) is 2.66. The molecule has 0 radical (unpaired) electrons. The van der Waals surface area contributed by atoms with Crippen molar-refractivity contribution in [3.05, 3.63) is 22.4 Å². The van der Waals surface area contributed by atoms with Crippen molar-refractivity contribution in [3.8, 4) is 0 Å². The molecule has 0 aliphatic carbocycles. The van der Waals surface area contributed by atoms with E-state index in [9.17, 15) is 0 Å². The summed E-state index contributed by atoms with van der Waals surface area (Å²) in [7, 11) is 0. The molecule has 1 aromatic rings. The lowest BCUT2D eigenvalue weighted by Crippen LogP contribution is -2.28. The molecule has 0 aromatic carbocycles. The van der Waals surface area contributed by atoms with Gasteiger partial charge >= 0.3 is 0 Å². The Morgan fingerprint density at radius 1 is 1.60 bits per heavy atom. The monoisotopic (exact) mass is 225 g/mol. The third-order valence-electron chi connectivity index (χ3n) is 2.84. The molecular formula is C12H19NOS. The number of nitrogens with one attached hydrogen (secondary N) is 1. The predicted octanol–water partition coefficient (Wildman–Crippen LogP) is 2.80. The first-order valence-electron chi connectivity index (χ1n) is 5.55. The van der Waals surface area contributed by atoms with Gasteiger partial charge in [-0.05, 0) is 49.1 Å². The van der Waals surface area contributed by atoms with Crippen molar-refractivity contribution in [2.45, 2.75) is 44.9 Å². The summed E-state index contributed by atoms with van der Waals surface area (Å²) in [5.41, 5.74) is 1.46. The Kier molecular flexibility index (Phi) is 3.44. The molecule has 1 saturated heterocycles. The molecule has 1 aliphatic heterocycles. The molecule has 0 bridgehead atoms. The van der Waals surface area contributed by atoms with Crippen LogP contribution in [0.5, 0.6) is 0 Å². The van der Waals surface area contributed by atoms with Gasteiger partial charge in [0.1, 0.15) is 0 Å². The fourth-order valence-electron chi connectivity index (χ4n) is 1.99. The van der Waals surface area contributed by atoms with Gasteiger partial charge in [0.2, 0.25) is 0 Å². The highest BCUT2D eigenvalue weighted by atomic mass is 32.1. The van der Waals surface area contributed by atoms with Crippen molar-refractivity contribution in [1.82, 2.24) is 5.32 Å². The van der Waals surface area contributed by atoms with Gasteiger partial charge in [0, 0.05) is 13.1 Å². The number of ether oxygens (including phenoxy) is 1. The maximum Gasteiger partial charge on any atom is 0.0707 e. The molecule has 2 rings (SSSR count). The molecule has 2 nitrogen and oxygen atoms in total. The van der Waals surface area contributed by atoms with Crippen LogP contribution >= 0.6 is 11.3 Å². The highest BCUT2D eigenvalue weighted by molar-refractivity contribution is 7.07. The summed E-state index contributed by atoms with van der Waals surface area (Å²) < 4.78 is 5.91. The Hall–Kier alpha value is -0.380. The molecule has 3 heteroatoms. The summed E-state index contributed by atoms with van der Waals surface area (Å²) in [4.78, 5) is 0. The van der Waals surface area contributed by atoms with E-state index in [-0.39, 0.29) is 5.60 Å². The number of thiophene rings is 1. The van der Waals surface area contributed by atoms with Gasteiger partial charge in [0.15, 0.2) is 0 Å². The van der Waals surface area contributed by atoms with E-state index in [4.69, 9.17) is 4.74 Å². The Bertz CT molecular complexity index is 295. The smallest absolute Gasteiger partial charge is 0.0707 e. The van der Waals surface area contributed by atoms with E-state index in [1.807, 2.05) is 0 Å². The highest BCUT2D eigenvalue weighted by Crippen LogP contribution is 2.28. The summed E-state index contributed by atoms with van der Waals surface area (Å²) >= 11 is 1.75. The van der Waals surface area contributed by atoms with Crippen LogP contribution in [0.3, 0.4) is 0 Å². The Balaban J connectivity index is 1.67. The zero-order chi connectivity index (χ0) is 10.7. The van der Waals surface area contributed by atoms with E-state index >= 15 is 0 Å². The minimum absolute atomic E-state index is 0.0920. The van der Waals surface area contributed by atoms with Gasteiger partial charge in [-0.3, -0.25) is 0 Å². The molecule has 1 aromatic heterocycles. The summed E-state index contributed by atoms with van der Waals surface area (Å²) in [6.07, 6.45) is 2.76. The molecule has 0 saturated carbocycles. The van der Waals surface area contributed by atoms with Crippen molar-refractivity contribution in [2.75, 3.05) is 6.54 Å². The van der Waals surface area contributed by atoms with E-state index < -0.39 is 0 Å². The first kappa shape index (κ1) is 11.1. The quantitative estimate of drug-likeness (QED) is 0.851. The standard InChI is InChI=1S/C12H19NOS/c1-12(2)5-3-11(14-12)8-13-7-10-4-6-15-9-10/h4,6,9,11,13H,3,5,7-8H2,1-2H3. The van der Waals surface area contributed by atoms with Crippen LogP contribution in [0.15, 0.2) is 16.8 Å². The van der Waals surface area contributed by atoms with Crippen molar-refractivity contribution in [1.29, 1.82) is 0 Å². The summed E-state index contributed by atoms with van der Waals surface area (Å²) in [6.45, 7) is 6.28. The molecule has 15 heavy (non-hydrogen) atoms. The molecule has 1 N–H and O–H groups in total. The Morgan fingerprint density at radius 2 is 2.47 bits per heavy atom. The fraction of sp³-hybridized carbons (Fsp3) is 0.667. The van der Waals surface area contributed by atoms with E-state index in [1.165, 1.54) is 18.4 Å². The van der Waals surface area contributed by atoms with E-state index in [1.54, 1.807) is 11.3 Å². The topological polar surface area (TPSA) is 21.3 Å². The minimum Gasteiger partial charge on any atom is -0.371 e. The molecule has 1 atom stereocenters. The second-order valence-corrected chi connectivity index (χ2v) is 5.58. The average Bonchev–Trinajstić information content (AvgIpc) is 2.76. The second kappa shape index (κ2) is 4.64. The zero-order valence-electron chi connectivity index (χ0n) is 9.45. The molecule has 0 amide bonds. The molecule has 1 aliphatic rings. The van der Waals surface area contributed by atoms with Crippen molar-refractivity contribution in [2.24, 2.45) is 0 Å². The van der Waals surface area contributed by atoms with Crippen LogP contribution in [-0.4, -0.2) is 18.2 Å². The molecule has 84 valence electrons. The van der Waals surface area contributed by atoms with E-state index in [0.717, 1.165) is 13.1 Å². The van der Waals surface area contributed by atoms with Gasteiger partial charge in [-0.25, -0.2) is 0 Å².